The topological polar surface area (TPSA) is 77.6 Å². The molecule has 6 rings (SSSR count). The Hall–Kier alpha value is -3.81. The van der Waals surface area contributed by atoms with Gasteiger partial charge in [0, 0.05) is 24.6 Å². The molecule has 172 valence electrons. The molecule has 0 saturated heterocycles. The van der Waals surface area contributed by atoms with Crippen LogP contribution in [0.2, 0.25) is 0 Å². The molecule has 1 saturated carbocycles. The number of para-hydroxylation sites is 1. The standard InChI is InChI=1S/C26H25FN6O/c27-21-13-12-18(15-20(21)25-30-29-24-9-5-2-6-14-32(24)25)28-26(34)23-16-22(17-10-11-17)31-33(23)19-7-3-1-4-8-19/h1,3-4,7-8,12-13,15-17H,2,5-6,9-11,14H2,(H,28,34). The van der Waals surface area contributed by atoms with Crippen molar-refractivity contribution < 1.29 is 9.18 Å². The van der Waals surface area contributed by atoms with Crippen molar-refractivity contribution >= 4 is 11.6 Å². The molecule has 8 heteroatoms. The van der Waals surface area contributed by atoms with Gasteiger partial charge in [0.2, 0.25) is 0 Å². The van der Waals surface area contributed by atoms with Gasteiger partial charge >= 0.3 is 0 Å². The van der Waals surface area contributed by atoms with E-state index < -0.39 is 0 Å². The van der Waals surface area contributed by atoms with E-state index in [4.69, 9.17) is 5.10 Å². The summed E-state index contributed by atoms with van der Waals surface area (Å²) >= 11 is 0. The zero-order valence-electron chi connectivity index (χ0n) is 18.7. The van der Waals surface area contributed by atoms with Crippen LogP contribution in [0.4, 0.5) is 10.1 Å². The van der Waals surface area contributed by atoms with E-state index in [1.807, 2.05) is 41.0 Å². The first-order chi connectivity index (χ1) is 16.7. The van der Waals surface area contributed by atoms with Gasteiger partial charge < -0.3 is 9.88 Å². The number of hydrogen-bond acceptors (Lipinski definition) is 4. The minimum atomic E-state index is -0.386. The molecule has 3 heterocycles. The average molecular weight is 457 g/mol. The minimum absolute atomic E-state index is 0.291. The van der Waals surface area contributed by atoms with E-state index in [0.717, 1.165) is 62.3 Å². The zero-order valence-corrected chi connectivity index (χ0v) is 18.7. The molecule has 0 atom stereocenters. The number of anilines is 1. The fourth-order valence-electron chi connectivity index (χ4n) is 4.56. The fraction of sp³-hybridized carbons (Fsp3) is 0.308. The highest BCUT2D eigenvalue weighted by atomic mass is 19.1. The zero-order chi connectivity index (χ0) is 23.1. The molecule has 0 radical (unpaired) electrons. The summed E-state index contributed by atoms with van der Waals surface area (Å²) in [5.74, 6) is 1.14. The van der Waals surface area contributed by atoms with Gasteiger partial charge in [0.15, 0.2) is 5.82 Å². The maximum atomic E-state index is 14.8. The van der Waals surface area contributed by atoms with Gasteiger partial charge in [-0.3, -0.25) is 4.79 Å². The minimum Gasteiger partial charge on any atom is -0.321 e. The van der Waals surface area contributed by atoms with Crippen LogP contribution in [0.3, 0.4) is 0 Å². The van der Waals surface area contributed by atoms with Crippen molar-refractivity contribution in [2.24, 2.45) is 0 Å². The predicted octanol–water partition coefficient (Wildman–Crippen LogP) is 5.13. The number of carbonyl (C=O) groups excluding carboxylic acids is 1. The predicted molar refractivity (Wildman–Crippen MR) is 126 cm³/mol. The van der Waals surface area contributed by atoms with E-state index in [2.05, 4.69) is 15.5 Å². The van der Waals surface area contributed by atoms with Crippen LogP contribution in [-0.2, 0) is 13.0 Å². The van der Waals surface area contributed by atoms with Crippen molar-refractivity contribution in [1.82, 2.24) is 24.5 Å². The van der Waals surface area contributed by atoms with Gasteiger partial charge in [0.1, 0.15) is 17.3 Å². The summed E-state index contributed by atoms with van der Waals surface area (Å²) in [4.78, 5) is 13.3. The molecule has 1 fully saturated rings. The van der Waals surface area contributed by atoms with Crippen LogP contribution in [0.25, 0.3) is 17.1 Å². The Morgan fingerprint density at radius 3 is 2.68 bits per heavy atom. The van der Waals surface area contributed by atoms with Gasteiger partial charge in [0.25, 0.3) is 5.91 Å². The lowest BCUT2D eigenvalue weighted by molar-refractivity contribution is 0.101. The molecule has 1 amide bonds. The maximum absolute atomic E-state index is 14.8. The first-order valence-corrected chi connectivity index (χ1v) is 11.9. The maximum Gasteiger partial charge on any atom is 0.274 e. The Balaban J connectivity index is 1.32. The molecule has 0 bridgehead atoms. The Bertz CT molecular complexity index is 1360. The second-order valence-electron chi connectivity index (χ2n) is 9.03. The molecular formula is C26H25FN6O. The summed E-state index contributed by atoms with van der Waals surface area (Å²) in [7, 11) is 0. The van der Waals surface area contributed by atoms with Crippen molar-refractivity contribution in [2.45, 2.75) is 51.0 Å². The third kappa shape index (κ3) is 3.89. The van der Waals surface area contributed by atoms with E-state index in [9.17, 15) is 9.18 Å². The molecule has 1 N–H and O–H groups in total. The normalized spacial score (nSPS) is 15.6. The summed E-state index contributed by atoms with van der Waals surface area (Å²) in [6.07, 6.45) is 6.24. The third-order valence-electron chi connectivity index (χ3n) is 6.53. The molecule has 34 heavy (non-hydrogen) atoms. The number of nitrogens with one attached hydrogen (secondary N) is 1. The van der Waals surface area contributed by atoms with Crippen LogP contribution >= 0.6 is 0 Å². The first kappa shape index (κ1) is 20.8. The van der Waals surface area contributed by atoms with E-state index >= 15 is 0 Å². The lowest BCUT2D eigenvalue weighted by Gasteiger charge is -2.11. The number of aromatic nitrogens is 5. The lowest BCUT2D eigenvalue weighted by atomic mass is 10.1. The lowest BCUT2D eigenvalue weighted by Crippen LogP contribution is -2.17. The molecule has 0 spiro atoms. The van der Waals surface area contributed by atoms with Gasteiger partial charge in [0.05, 0.1) is 16.9 Å². The molecule has 2 aromatic heterocycles. The van der Waals surface area contributed by atoms with Crippen molar-refractivity contribution in [3.05, 3.63) is 77.6 Å². The Morgan fingerprint density at radius 2 is 1.85 bits per heavy atom. The number of nitrogens with zero attached hydrogens (tertiary/aromatic N) is 5. The molecule has 2 aromatic carbocycles. The number of amides is 1. The highest BCUT2D eigenvalue weighted by Gasteiger charge is 2.29. The summed E-state index contributed by atoms with van der Waals surface area (Å²) < 4.78 is 18.5. The summed E-state index contributed by atoms with van der Waals surface area (Å²) in [5.41, 5.74) is 3.05. The number of hydrogen-bond donors (Lipinski definition) is 1. The Labute approximate surface area is 196 Å². The molecule has 4 aromatic rings. The number of rotatable bonds is 5. The van der Waals surface area contributed by atoms with Crippen LogP contribution in [0.5, 0.6) is 0 Å². The van der Waals surface area contributed by atoms with Crippen LogP contribution < -0.4 is 5.32 Å². The van der Waals surface area contributed by atoms with Crippen molar-refractivity contribution in [2.75, 3.05) is 5.32 Å². The average Bonchev–Trinajstić information content (AvgIpc) is 3.56. The summed E-state index contributed by atoms with van der Waals surface area (Å²) in [6.45, 7) is 0.772. The number of halogens is 1. The second-order valence-corrected chi connectivity index (χ2v) is 9.03. The van der Waals surface area contributed by atoms with E-state index in [1.54, 1.807) is 16.8 Å². The Kier molecular flexibility index (Phi) is 5.20. The van der Waals surface area contributed by atoms with Gasteiger partial charge in [-0.05, 0) is 62.1 Å². The number of aryl methyl sites for hydroxylation is 1. The van der Waals surface area contributed by atoms with Crippen LogP contribution in [0.1, 0.15) is 60.0 Å². The smallest absolute Gasteiger partial charge is 0.274 e. The highest BCUT2D eigenvalue weighted by Crippen LogP contribution is 2.40. The van der Waals surface area contributed by atoms with Crippen molar-refractivity contribution in [3.8, 4) is 17.1 Å². The van der Waals surface area contributed by atoms with E-state index in [0.29, 0.717) is 28.7 Å². The van der Waals surface area contributed by atoms with Gasteiger partial charge in [-0.1, -0.05) is 24.6 Å². The number of fused-ring (bicyclic) bond motifs is 1. The van der Waals surface area contributed by atoms with Gasteiger partial charge in [-0.15, -0.1) is 10.2 Å². The molecule has 7 nitrogen and oxygen atoms in total. The van der Waals surface area contributed by atoms with Crippen LogP contribution in [0, 0.1) is 5.82 Å². The van der Waals surface area contributed by atoms with Crippen LogP contribution in [-0.4, -0.2) is 30.5 Å². The molecular weight excluding hydrogens is 431 g/mol. The second kappa shape index (κ2) is 8.52. The molecule has 1 aliphatic heterocycles. The molecule has 2 aliphatic rings. The third-order valence-corrected chi connectivity index (χ3v) is 6.53. The quantitative estimate of drug-likeness (QED) is 0.452. The van der Waals surface area contributed by atoms with E-state index in [1.165, 1.54) is 6.07 Å². The van der Waals surface area contributed by atoms with Crippen molar-refractivity contribution in [3.63, 3.8) is 0 Å². The fourth-order valence-corrected chi connectivity index (χ4v) is 4.56. The summed E-state index contributed by atoms with van der Waals surface area (Å²) in [6, 6.07) is 16.1. The van der Waals surface area contributed by atoms with Crippen LogP contribution in [0.15, 0.2) is 54.6 Å². The first-order valence-electron chi connectivity index (χ1n) is 11.9. The van der Waals surface area contributed by atoms with Gasteiger partial charge in [-0.25, -0.2) is 9.07 Å². The number of carbonyl (C=O) groups is 1. The van der Waals surface area contributed by atoms with E-state index in [-0.39, 0.29) is 11.7 Å². The molecule has 0 unspecified atom stereocenters. The highest BCUT2D eigenvalue weighted by molar-refractivity contribution is 6.03. The Morgan fingerprint density at radius 1 is 1.00 bits per heavy atom. The summed E-state index contributed by atoms with van der Waals surface area (Å²) in [5, 5.41) is 16.2. The molecule has 1 aliphatic carbocycles. The van der Waals surface area contributed by atoms with Crippen molar-refractivity contribution in [1.29, 1.82) is 0 Å². The van der Waals surface area contributed by atoms with Gasteiger partial charge in [-0.2, -0.15) is 5.10 Å². The largest absolute Gasteiger partial charge is 0.321 e. The monoisotopic (exact) mass is 456 g/mol. The SMILES string of the molecule is O=C(Nc1ccc(F)c(-c2nnc3n2CCCCC3)c1)c1cc(C2CC2)nn1-c1ccccc1. The number of benzene rings is 2.